The van der Waals surface area contributed by atoms with Crippen molar-refractivity contribution in [2.24, 2.45) is 0 Å². The van der Waals surface area contributed by atoms with Gasteiger partial charge in [0.2, 0.25) is 5.91 Å². The zero-order valence-electron chi connectivity index (χ0n) is 15.3. The number of thiophene rings is 1. The van der Waals surface area contributed by atoms with Gasteiger partial charge in [0, 0.05) is 16.6 Å². The number of aromatic nitrogens is 2. The van der Waals surface area contributed by atoms with Gasteiger partial charge in [-0.15, -0.1) is 11.3 Å². The quantitative estimate of drug-likeness (QED) is 0.686. The number of fused-ring (bicyclic) bond motifs is 4. The van der Waals surface area contributed by atoms with Crippen molar-refractivity contribution >= 4 is 33.1 Å². The number of amides is 1. The molecule has 138 valence electrons. The Bertz CT molecular complexity index is 1110. The minimum atomic E-state index is -0.0781. The molecule has 0 bridgehead atoms. The van der Waals surface area contributed by atoms with Gasteiger partial charge in [-0.25, -0.2) is 4.98 Å². The smallest absolute Gasteiger partial charge is 0.262 e. The average Bonchev–Trinajstić information content (AvgIpc) is 3.25. The molecular formula is C21H21N3O2S. The number of benzene rings is 1. The maximum absolute atomic E-state index is 13.1. The summed E-state index contributed by atoms with van der Waals surface area (Å²) in [6.07, 6.45) is 6.54. The van der Waals surface area contributed by atoms with E-state index in [1.165, 1.54) is 21.3 Å². The average molecular weight is 379 g/mol. The fourth-order valence-electron chi connectivity index (χ4n) is 4.42. The molecule has 0 spiro atoms. The minimum Gasteiger partial charge on any atom is -0.308 e. The Hall–Kier alpha value is -2.47. The van der Waals surface area contributed by atoms with Crippen molar-refractivity contribution in [2.75, 3.05) is 4.90 Å². The van der Waals surface area contributed by atoms with Crippen LogP contribution >= 0.6 is 11.3 Å². The van der Waals surface area contributed by atoms with Gasteiger partial charge < -0.3 is 4.90 Å². The van der Waals surface area contributed by atoms with Crippen LogP contribution < -0.4 is 10.5 Å². The van der Waals surface area contributed by atoms with E-state index in [1.54, 1.807) is 11.3 Å². The zero-order chi connectivity index (χ0) is 18.5. The van der Waals surface area contributed by atoms with Gasteiger partial charge in [-0.05, 0) is 56.2 Å². The van der Waals surface area contributed by atoms with Crippen LogP contribution in [0, 0.1) is 0 Å². The van der Waals surface area contributed by atoms with E-state index >= 15 is 0 Å². The molecule has 3 aromatic rings. The van der Waals surface area contributed by atoms with Crippen LogP contribution in [0.5, 0.6) is 0 Å². The third kappa shape index (κ3) is 2.62. The Morgan fingerprint density at radius 2 is 2.11 bits per heavy atom. The lowest BCUT2D eigenvalue weighted by molar-refractivity contribution is -0.119. The van der Waals surface area contributed by atoms with Gasteiger partial charge in [-0.2, -0.15) is 0 Å². The van der Waals surface area contributed by atoms with Gasteiger partial charge in [0.15, 0.2) is 0 Å². The molecule has 0 N–H and O–H groups in total. The van der Waals surface area contributed by atoms with Crippen LogP contribution in [0.2, 0.25) is 0 Å². The fourth-order valence-corrected chi connectivity index (χ4v) is 5.64. The van der Waals surface area contributed by atoms with Crippen molar-refractivity contribution in [3.8, 4) is 0 Å². The molecule has 2 aromatic heterocycles. The molecule has 5 rings (SSSR count). The lowest BCUT2D eigenvalue weighted by atomic mass is 9.96. The Kier molecular flexibility index (Phi) is 3.90. The van der Waals surface area contributed by atoms with Gasteiger partial charge in [0.25, 0.3) is 5.56 Å². The third-order valence-corrected chi connectivity index (χ3v) is 6.99. The summed E-state index contributed by atoms with van der Waals surface area (Å²) in [7, 11) is 0. The topological polar surface area (TPSA) is 55.2 Å². The van der Waals surface area contributed by atoms with E-state index in [4.69, 9.17) is 0 Å². The van der Waals surface area contributed by atoms with E-state index in [0.29, 0.717) is 0 Å². The molecule has 3 heterocycles. The van der Waals surface area contributed by atoms with Gasteiger partial charge in [0.1, 0.15) is 11.4 Å². The molecule has 0 radical (unpaired) electrons. The maximum Gasteiger partial charge on any atom is 0.262 e. The second-order valence-electron chi connectivity index (χ2n) is 7.50. The van der Waals surface area contributed by atoms with Crippen LogP contribution in [-0.2, 0) is 30.6 Å². The molecule has 5 nitrogen and oxygen atoms in total. The number of hydrogen-bond acceptors (Lipinski definition) is 4. The molecule has 1 aromatic carbocycles. The summed E-state index contributed by atoms with van der Waals surface area (Å²) in [4.78, 5) is 34.6. The summed E-state index contributed by atoms with van der Waals surface area (Å²) >= 11 is 1.63. The molecule has 1 unspecified atom stereocenters. The first-order valence-electron chi connectivity index (χ1n) is 9.53. The molecule has 27 heavy (non-hydrogen) atoms. The highest BCUT2D eigenvalue weighted by Gasteiger charge is 2.29. The maximum atomic E-state index is 13.1. The summed E-state index contributed by atoms with van der Waals surface area (Å²) in [5, 5.41) is 0.731. The predicted octanol–water partition coefficient (Wildman–Crippen LogP) is 3.31. The van der Waals surface area contributed by atoms with Crippen LogP contribution in [0.4, 0.5) is 5.69 Å². The van der Waals surface area contributed by atoms with E-state index in [1.807, 2.05) is 23.1 Å². The molecule has 2 aliphatic rings. The second kappa shape index (κ2) is 6.30. The van der Waals surface area contributed by atoms with Gasteiger partial charge >= 0.3 is 0 Å². The SMILES string of the molecule is CC1CCc2ccccc2N1C(=O)Cn1cnc2sc3c(c2c1=O)CCC3. The molecule has 0 saturated carbocycles. The van der Waals surface area contributed by atoms with Crippen LogP contribution in [0.3, 0.4) is 0 Å². The van der Waals surface area contributed by atoms with Crippen molar-refractivity contribution in [2.45, 2.75) is 51.6 Å². The Balaban J connectivity index is 1.51. The third-order valence-electron chi connectivity index (χ3n) is 5.79. The number of nitrogens with zero attached hydrogens (tertiary/aromatic N) is 3. The number of carbonyl (C=O) groups is 1. The van der Waals surface area contributed by atoms with Gasteiger partial charge in [0.05, 0.1) is 11.7 Å². The van der Waals surface area contributed by atoms with Crippen LogP contribution in [0.1, 0.15) is 35.8 Å². The molecule has 0 fully saturated rings. The molecule has 1 amide bonds. The van der Waals surface area contributed by atoms with Crippen molar-refractivity contribution in [3.63, 3.8) is 0 Å². The largest absolute Gasteiger partial charge is 0.308 e. The lowest BCUT2D eigenvalue weighted by Crippen LogP contribution is -2.44. The lowest BCUT2D eigenvalue weighted by Gasteiger charge is -2.35. The molecular weight excluding hydrogens is 358 g/mol. The first-order valence-corrected chi connectivity index (χ1v) is 10.3. The number of para-hydroxylation sites is 1. The van der Waals surface area contributed by atoms with Gasteiger partial charge in [-0.3, -0.25) is 14.2 Å². The molecule has 1 atom stereocenters. The first kappa shape index (κ1) is 16.7. The fraction of sp³-hybridized carbons (Fsp3) is 0.381. The van der Waals surface area contributed by atoms with Crippen molar-refractivity contribution in [1.29, 1.82) is 0 Å². The Morgan fingerprint density at radius 3 is 3.00 bits per heavy atom. The monoisotopic (exact) mass is 379 g/mol. The highest BCUT2D eigenvalue weighted by atomic mass is 32.1. The standard InChI is InChI=1S/C21H21N3O2S/c1-13-9-10-14-5-2-3-7-16(14)24(13)18(25)11-23-12-22-20-19(21(23)26)15-6-4-8-17(15)27-20/h2-3,5,7,12-13H,4,6,8-11H2,1H3. The second-order valence-corrected chi connectivity index (χ2v) is 8.58. The van der Waals surface area contributed by atoms with Crippen LogP contribution in [-0.4, -0.2) is 21.5 Å². The summed E-state index contributed by atoms with van der Waals surface area (Å²) in [6.45, 7) is 2.11. The summed E-state index contributed by atoms with van der Waals surface area (Å²) in [5.41, 5.74) is 3.25. The molecule has 1 aliphatic heterocycles. The van der Waals surface area contributed by atoms with Crippen molar-refractivity contribution in [1.82, 2.24) is 9.55 Å². The van der Waals surface area contributed by atoms with Crippen molar-refractivity contribution < 1.29 is 4.79 Å². The van der Waals surface area contributed by atoms with E-state index in [2.05, 4.69) is 18.0 Å². The number of carbonyl (C=O) groups excluding carboxylic acids is 1. The number of hydrogen-bond donors (Lipinski definition) is 0. The Morgan fingerprint density at radius 1 is 1.26 bits per heavy atom. The van der Waals surface area contributed by atoms with Crippen LogP contribution in [0.15, 0.2) is 35.4 Å². The zero-order valence-corrected chi connectivity index (χ0v) is 16.1. The number of rotatable bonds is 2. The number of aryl methyl sites for hydroxylation is 3. The predicted molar refractivity (Wildman–Crippen MR) is 108 cm³/mol. The Labute approximate surface area is 161 Å². The molecule has 1 aliphatic carbocycles. The first-order chi connectivity index (χ1) is 13.1. The van der Waals surface area contributed by atoms with Crippen molar-refractivity contribution in [3.05, 3.63) is 57.0 Å². The van der Waals surface area contributed by atoms with E-state index in [-0.39, 0.29) is 24.1 Å². The van der Waals surface area contributed by atoms with E-state index < -0.39 is 0 Å². The highest BCUT2D eigenvalue weighted by Crippen LogP contribution is 2.34. The van der Waals surface area contributed by atoms with Crippen LogP contribution in [0.25, 0.3) is 10.2 Å². The molecule has 0 saturated heterocycles. The highest BCUT2D eigenvalue weighted by molar-refractivity contribution is 7.18. The molecule has 6 heteroatoms. The van der Waals surface area contributed by atoms with Gasteiger partial charge in [-0.1, -0.05) is 18.2 Å². The summed E-state index contributed by atoms with van der Waals surface area (Å²) in [6, 6.07) is 8.18. The van der Waals surface area contributed by atoms with E-state index in [0.717, 1.165) is 53.6 Å². The minimum absolute atomic E-state index is 0.0328. The summed E-state index contributed by atoms with van der Waals surface area (Å²) < 4.78 is 1.49. The summed E-state index contributed by atoms with van der Waals surface area (Å²) in [5.74, 6) is -0.0511. The normalized spacial score (nSPS) is 18.6. The van der Waals surface area contributed by atoms with E-state index in [9.17, 15) is 9.59 Å². The number of anilines is 1.